The van der Waals surface area contributed by atoms with Crippen molar-refractivity contribution in [3.8, 4) is 12.3 Å². The van der Waals surface area contributed by atoms with Crippen LogP contribution < -0.4 is 11.1 Å². The summed E-state index contributed by atoms with van der Waals surface area (Å²) in [5, 5.41) is 11.1. The van der Waals surface area contributed by atoms with Gasteiger partial charge in [-0.05, 0) is 18.2 Å². The number of carboxylic acid groups (broad SMARTS) is 1. The number of benzene rings is 1. The normalized spacial score (nSPS) is 11.4. The third-order valence-corrected chi connectivity index (χ3v) is 2.14. The third kappa shape index (κ3) is 3.30. The van der Waals surface area contributed by atoms with Crippen LogP contribution in [-0.4, -0.2) is 23.0 Å². The van der Waals surface area contributed by atoms with Crippen LogP contribution in [0.15, 0.2) is 18.2 Å². The zero-order chi connectivity index (χ0) is 13.7. The first kappa shape index (κ1) is 13.7. The minimum Gasteiger partial charge on any atom is -0.478 e. The SMILES string of the molecule is C#CCC(N)C(=O)Nc1ccc(F)c(C(=O)O)c1. The lowest BCUT2D eigenvalue weighted by atomic mass is 10.1. The molecule has 6 heteroatoms. The molecule has 18 heavy (non-hydrogen) atoms. The predicted octanol–water partition coefficient (Wildman–Crippen LogP) is 0.813. The van der Waals surface area contributed by atoms with Gasteiger partial charge in [0, 0.05) is 12.1 Å². The number of hydrogen-bond acceptors (Lipinski definition) is 3. The molecule has 1 unspecified atom stereocenters. The molecule has 1 aromatic rings. The number of terminal acetylenes is 1. The van der Waals surface area contributed by atoms with E-state index in [-0.39, 0.29) is 12.1 Å². The van der Waals surface area contributed by atoms with Crippen molar-refractivity contribution in [1.82, 2.24) is 0 Å². The summed E-state index contributed by atoms with van der Waals surface area (Å²) in [5.41, 5.74) is 5.07. The molecule has 94 valence electrons. The highest BCUT2D eigenvalue weighted by atomic mass is 19.1. The molecule has 0 aromatic heterocycles. The van der Waals surface area contributed by atoms with Gasteiger partial charge >= 0.3 is 5.97 Å². The molecular weight excluding hydrogens is 239 g/mol. The van der Waals surface area contributed by atoms with E-state index >= 15 is 0 Å². The molecule has 1 amide bonds. The van der Waals surface area contributed by atoms with E-state index < -0.39 is 29.3 Å². The maximum absolute atomic E-state index is 13.1. The highest BCUT2D eigenvalue weighted by molar-refractivity contribution is 5.96. The summed E-state index contributed by atoms with van der Waals surface area (Å²) in [5.74, 6) is -0.627. The topological polar surface area (TPSA) is 92.4 Å². The van der Waals surface area contributed by atoms with E-state index in [0.717, 1.165) is 12.1 Å². The van der Waals surface area contributed by atoms with Gasteiger partial charge in [0.25, 0.3) is 0 Å². The van der Waals surface area contributed by atoms with E-state index in [4.69, 9.17) is 17.3 Å². The average Bonchev–Trinajstić information content (AvgIpc) is 2.31. The van der Waals surface area contributed by atoms with Crippen LogP contribution in [-0.2, 0) is 4.79 Å². The Balaban J connectivity index is 2.86. The van der Waals surface area contributed by atoms with E-state index in [1.165, 1.54) is 6.07 Å². The lowest BCUT2D eigenvalue weighted by Gasteiger charge is -2.10. The number of amides is 1. The molecule has 1 rings (SSSR count). The second kappa shape index (κ2) is 5.80. The van der Waals surface area contributed by atoms with Gasteiger partial charge in [-0.2, -0.15) is 0 Å². The second-order valence-corrected chi connectivity index (χ2v) is 3.50. The molecule has 0 saturated carbocycles. The van der Waals surface area contributed by atoms with Crippen molar-refractivity contribution >= 4 is 17.6 Å². The van der Waals surface area contributed by atoms with E-state index in [0.29, 0.717) is 0 Å². The summed E-state index contributed by atoms with van der Waals surface area (Å²) < 4.78 is 13.1. The standard InChI is InChI=1S/C12H11FN2O3/c1-2-3-10(14)11(16)15-7-4-5-9(13)8(6-7)12(17)18/h1,4-6,10H,3,14H2,(H,15,16)(H,17,18). The number of aromatic carboxylic acids is 1. The number of carbonyl (C=O) groups is 2. The lowest BCUT2D eigenvalue weighted by Crippen LogP contribution is -2.35. The first-order valence-corrected chi connectivity index (χ1v) is 4.98. The minimum absolute atomic E-state index is 0.0544. The Morgan fingerprint density at radius 2 is 2.22 bits per heavy atom. The Hall–Kier alpha value is -2.39. The third-order valence-electron chi connectivity index (χ3n) is 2.14. The summed E-state index contributed by atoms with van der Waals surface area (Å²) in [6.07, 6.45) is 5.06. The molecule has 0 spiro atoms. The monoisotopic (exact) mass is 250 g/mol. The number of carbonyl (C=O) groups excluding carboxylic acids is 1. The molecule has 0 saturated heterocycles. The van der Waals surface area contributed by atoms with Crippen LogP contribution >= 0.6 is 0 Å². The van der Waals surface area contributed by atoms with Crippen molar-refractivity contribution in [3.63, 3.8) is 0 Å². The molecule has 0 heterocycles. The fourth-order valence-corrected chi connectivity index (χ4v) is 1.22. The number of nitrogens with two attached hydrogens (primary N) is 1. The summed E-state index contributed by atoms with van der Waals surface area (Å²) in [6.45, 7) is 0. The fraction of sp³-hybridized carbons (Fsp3) is 0.167. The molecule has 0 aliphatic carbocycles. The highest BCUT2D eigenvalue weighted by Gasteiger charge is 2.15. The van der Waals surface area contributed by atoms with Crippen LogP contribution in [0.2, 0.25) is 0 Å². The Morgan fingerprint density at radius 3 is 2.78 bits per heavy atom. The number of halogens is 1. The zero-order valence-electron chi connectivity index (χ0n) is 9.31. The maximum atomic E-state index is 13.1. The van der Waals surface area contributed by atoms with Crippen molar-refractivity contribution in [3.05, 3.63) is 29.6 Å². The van der Waals surface area contributed by atoms with Gasteiger partial charge in [0.05, 0.1) is 11.6 Å². The highest BCUT2D eigenvalue weighted by Crippen LogP contribution is 2.15. The number of hydrogen-bond donors (Lipinski definition) is 3. The van der Waals surface area contributed by atoms with Gasteiger partial charge in [-0.1, -0.05) is 0 Å². The van der Waals surface area contributed by atoms with Crippen LogP contribution in [0.1, 0.15) is 16.8 Å². The van der Waals surface area contributed by atoms with E-state index in [1.807, 2.05) is 0 Å². The van der Waals surface area contributed by atoms with Crippen LogP contribution in [0.3, 0.4) is 0 Å². The zero-order valence-corrected chi connectivity index (χ0v) is 9.31. The van der Waals surface area contributed by atoms with Crippen molar-refractivity contribution in [2.75, 3.05) is 5.32 Å². The Kier molecular flexibility index (Phi) is 4.40. The summed E-state index contributed by atoms with van der Waals surface area (Å²) in [7, 11) is 0. The molecule has 0 fully saturated rings. The van der Waals surface area contributed by atoms with Crippen molar-refractivity contribution < 1.29 is 19.1 Å². The van der Waals surface area contributed by atoms with E-state index in [2.05, 4.69) is 11.2 Å². The molecule has 0 aliphatic rings. The van der Waals surface area contributed by atoms with Crippen molar-refractivity contribution in [2.45, 2.75) is 12.5 Å². The van der Waals surface area contributed by atoms with E-state index in [9.17, 15) is 14.0 Å². The van der Waals surface area contributed by atoms with Gasteiger partial charge in [-0.15, -0.1) is 12.3 Å². The largest absolute Gasteiger partial charge is 0.478 e. The molecular formula is C12H11FN2O3. The molecule has 0 radical (unpaired) electrons. The van der Waals surface area contributed by atoms with Crippen molar-refractivity contribution in [2.24, 2.45) is 5.73 Å². The van der Waals surface area contributed by atoms with Gasteiger partial charge in [0.2, 0.25) is 5.91 Å². The number of rotatable bonds is 4. The predicted molar refractivity (Wildman–Crippen MR) is 63.4 cm³/mol. The molecule has 0 aliphatic heterocycles. The van der Waals surface area contributed by atoms with Gasteiger partial charge in [-0.3, -0.25) is 4.79 Å². The Morgan fingerprint density at radius 1 is 1.56 bits per heavy atom. The van der Waals surface area contributed by atoms with Gasteiger partial charge in [0.15, 0.2) is 0 Å². The average molecular weight is 250 g/mol. The van der Waals surface area contributed by atoms with Crippen LogP contribution in [0.4, 0.5) is 10.1 Å². The summed E-state index contributed by atoms with van der Waals surface area (Å²) >= 11 is 0. The van der Waals surface area contributed by atoms with Crippen LogP contribution in [0, 0.1) is 18.2 Å². The van der Waals surface area contributed by atoms with Gasteiger partial charge < -0.3 is 16.2 Å². The lowest BCUT2D eigenvalue weighted by molar-refractivity contribution is -0.117. The Labute approximate surface area is 103 Å². The first-order valence-electron chi connectivity index (χ1n) is 4.98. The van der Waals surface area contributed by atoms with Gasteiger partial charge in [0.1, 0.15) is 5.82 Å². The summed E-state index contributed by atoms with van der Waals surface area (Å²) in [6, 6.07) is 2.31. The molecule has 1 aromatic carbocycles. The quantitative estimate of drug-likeness (QED) is 0.689. The van der Waals surface area contributed by atoms with Gasteiger partial charge in [-0.25, -0.2) is 9.18 Å². The number of carboxylic acids is 1. The molecule has 4 N–H and O–H groups in total. The first-order chi connectivity index (χ1) is 8.45. The smallest absolute Gasteiger partial charge is 0.338 e. The minimum atomic E-state index is -1.42. The maximum Gasteiger partial charge on any atom is 0.338 e. The molecule has 0 bridgehead atoms. The number of nitrogens with one attached hydrogen (secondary N) is 1. The Bertz CT molecular complexity index is 523. The van der Waals surface area contributed by atoms with Crippen LogP contribution in [0.25, 0.3) is 0 Å². The van der Waals surface area contributed by atoms with E-state index in [1.54, 1.807) is 0 Å². The second-order valence-electron chi connectivity index (χ2n) is 3.50. The summed E-state index contributed by atoms with van der Waals surface area (Å²) in [4.78, 5) is 22.2. The number of anilines is 1. The van der Waals surface area contributed by atoms with Crippen LogP contribution in [0.5, 0.6) is 0 Å². The molecule has 5 nitrogen and oxygen atoms in total. The fourth-order valence-electron chi connectivity index (χ4n) is 1.22. The van der Waals surface area contributed by atoms with Crippen molar-refractivity contribution in [1.29, 1.82) is 0 Å². The molecule has 1 atom stereocenters.